The summed E-state index contributed by atoms with van der Waals surface area (Å²) in [6.45, 7) is 1.15. The van der Waals surface area contributed by atoms with Crippen molar-refractivity contribution in [2.24, 2.45) is 7.05 Å². The van der Waals surface area contributed by atoms with Crippen LogP contribution in [0.3, 0.4) is 0 Å². The monoisotopic (exact) mass is 601 g/mol. The lowest BCUT2D eigenvalue weighted by atomic mass is 10.1. The fourth-order valence-corrected chi connectivity index (χ4v) is 5.48. The molecule has 2 aromatic rings. The second-order valence-electron chi connectivity index (χ2n) is 5.58. The van der Waals surface area contributed by atoms with E-state index in [-0.39, 0.29) is 12.6 Å². The largest absolute Gasteiger partial charge is 0.436 e. The maximum Gasteiger partial charge on any atom is 0.436 e. The number of rotatable bonds is 11. The van der Waals surface area contributed by atoms with Gasteiger partial charge in [0.1, 0.15) is 0 Å². The molecule has 0 amide bonds. The van der Waals surface area contributed by atoms with Gasteiger partial charge in [-0.3, -0.25) is 4.57 Å². The summed E-state index contributed by atoms with van der Waals surface area (Å²) in [7, 11) is -1.58. The number of nitrogens with one attached hydrogen (secondary N) is 2. The van der Waals surface area contributed by atoms with Crippen molar-refractivity contribution in [3.8, 4) is 11.3 Å². The van der Waals surface area contributed by atoms with Crippen LogP contribution in [-0.2, 0) is 22.7 Å². The van der Waals surface area contributed by atoms with Crippen LogP contribution < -0.4 is 10.2 Å². The molecular formula is C15H19Br3N5O4P. The fourth-order valence-electron chi connectivity index (χ4n) is 2.38. The van der Waals surface area contributed by atoms with Gasteiger partial charge in [-0.2, -0.15) is 0 Å². The molecule has 0 spiro atoms. The van der Waals surface area contributed by atoms with Gasteiger partial charge in [-0.25, -0.2) is 14.7 Å². The van der Waals surface area contributed by atoms with E-state index in [1.165, 1.54) is 4.57 Å². The van der Waals surface area contributed by atoms with Crippen molar-refractivity contribution in [1.82, 2.24) is 19.7 Å². The van der Waals surface area contributed by atoms with Gasteiger partial charge in [0.05, 0.1) is 13.7 Å². The molecule has 0 atom stereocenters. The SMILES string of the molecule is Cn1c([N+](=O)[O-])nc(Br)c1-c1ccc(COP(=O)(NCCBr)NCCBr)cc1. The van der Waals surface area contributed by atoms with Crippen LogP contribution in [-0.4, -0.2) is 38.2 Å². The summed E-state index contributed by atoms with van der Waals surface area (Å²) in [5.74, 6) is -0.244. The predicted molar refractivity (Wildman–Crippen MR) is 119 cm³/mol. The minimum absolute atomic E-state index is 0.148. The molecule has 1 aromatic carbocycles. The number of benzene rings is 1. The molecule has 2 N–H and O–H groups in total. The Bertz CT molecular complexity index is 850. The van der Waals surface area contributed by atoms with E-state index in [4.69, 9.17) is 4.52 Å². The van der Waals surface area contributed by atoms with Crippen molar-refractivity contribution in [3.63, 3.8) is 0 Å². The van der Waals surface area contributed by atoms with Gasteiger partial charge < -0.3 is 14.6 Å². The van der Waals surface area contributed by atoms with Crippen molar-refractivity contribution in [1.29, 1.82) is 0 Å². The lowest BCUT2D eigenvalue weighted by Crippen LogP contribution is -2.26. The molecule has 154 valence electrons. The number of alkyl halides is 2. The third-order valence-electron chi connectivity index (χ3n) is 3.66. The molecule has 1 aromatic heterocycles. The standard InChI is InChI=1S/C15H19Br3N5O4P/c1-22-13(14(18)21-15(22)23(24)25)12-4-2-11(3-5-12)10-27-28(26,19-8-6-16)20-9-7-17/h2-5H,6-10H2,1H3,(H2,19,20,26). The van der Waals surface area contributed by atoms with E-state index in [2.05, 4.69) is 62.9 Å². The number of hydrogen-bond donors (Lipinski definition) is 2. The van der Waals surface area contributed by atoms with Gasteiger partial charge in [0, 0.05) is 29.3 Å². The zero-order valence-electron chi connectivity index (χ0n) is 14.9. The number of halogens is 3. The Morgan fingerprint density at radius 2 is 1.79 bits per heavy atom. The Morgan fingerprint density at radius 1 is 1.21 bits per heavy atom. The highest BCUT2D eigenvalue weighted by atomic mass is 79.9. The highest BCUT2D eigenvalue weighted by molar-refractivity contribution is 9.10. The molecule has 2 rings (SSSR count). The topological polar surface area (TPSA) is 111 Å². The maximum atomic E-state index is 12.8. The van der Waals surface area contributed by atoms with E-state index in [9.17, 15) is 14.7 Å². The van der Waals surface area contributed by atoms with Crippen LogP contribution in [0.5, 0.6) is 0 Å². The Kier molecular flexibility index (Phi) is 9.26. The quantitative estimate of drug-likeness (QED) is 0.170. The first-order chi connectivity index (χ1) is 13.3. The van der Waals surface area contributed by atoms with Crippen LogP contribution in [0.4, 0.5) is 5.95 Å². The molecule has 28 heavy (non-hydrogen) atoms. The maximum absolute atomic E-state index is 12.8. The molecule has 0 aliphatic heterocycles. The van der Waals surface area contributed by atoms with Crippen molar-refractivity contribution in [3.05, 3.63) is 44.5 Å². The average molecular weight is 604 g/mol. The summed E-state index contributed by atoms with van der Waals surface area (Å²) in [4.78, 5) is 14.4. The fraction of sp³-hybridized carbons (Fsp3) is 0.400. The Morgan fingerprint density at radius 3 is 2.25 bits per heavy atom. The second-order valence-corrected chi connectivity index (χ2v) is 9.91. The number of aromatic nitrogens is 2. The first-order valence-electron chi connectivity index (χ1n) is 8.14. The van der Waals surface area contributed by atoms with Crippen LogP contribution in [0.2, 0.25) is 0 Å². The third-order valence-corrected chi connectivity index (χ3v) is 6.78. The minimum Gasteiger partial charge on any atom is -0.390 e. The molecule has 0 unspecified atom stereocenters. The number of nitro groups is 1. The van der Waals surface area contributed by atoms with E-state index < -0.39 is 12.6 Å². The Balaban J connectivity index is 2.12. The highest BCUT2D eigenvalue weighted by Gasteiger charge is 2.25. The summed E-state index contributed by atoms with van der Waals surface area (Å²) in [5, 5.41) is 18.1. The summed E-state index contributed by atoms with van der Waals surface area (Å²) in [6.07, 6.45) is 0. The number of nitrogens with zero attached hydrogens (tertiary/aromatic N) is 3. The predicted octanol–water partition coefficient (Wildman–Crippen LogP) is 4.35. The van der Waals surface area contributed by atoms with Crippen LogP contribution in [0, 0.1) is 10.1 Å². The molecular weight excluding hydrogens is 585 g/mol. The summed E-state index contributed by atoms with van der Waals surface area (Å²) in [5.41, 5.74) is 2.18. The number of hydrogen-bond acceptors (Lipinski definition) is 5. The summed E-state index contributed by atoms with van der Waals surface area (Å²) >= 11 is 9.85. The highest BCUT2D eigenvalue weighted by Crippen LogP contribution is 2.38. The molecule has 0 fully saturated rings. The third kappa shape index (κ3) is 6.19. The van der Waals surface area contributed by atoms with E-state index >= 15 is 0 Å². The molecule has 1 heterocycles. The smallest absolute Gasteiger partial charge is 0.390 e. The first-order valence-corrected chi connectivity index (χ1v) is 12.8. The zero-order valence-corrected chi connectivity index (χ0v) is 20.6. The average Bonchev–Trinajstić information content (AvgIpc) is 2.98. The van der Waals surface area contributed by atoms with E-state index in [1.54, 1.807) is 7.05 Å². The van der Waals surface area contributed by atoms with E-state index in [1.807, 2.05) is 24.3 Å². The van der Waals surface area contributed by atoms with Gasteiger partial charge in [-0.05, 0) is 26.4 Å². The summed E-state index contributed by atoms with van der Waals surface area (Å²) < 4.78 is 20.2. The first kappa shape index (κ1) is 23.7. The van der Waals surface area contributed by atoms with Crippen molar-refractivity contribution in [2.45, 2.75) is 6.61 Å². The van der Waals surface area contributed by atoms with Crippen LogP contribution in [0.1, 0.15) is 5.56 Å². The zero-order chi connectivity index (χ0) is 20.7. The molecule has 0 aliphatic rings. The minimum atomic E-state index is -3.17. The molecule has 0 saturated carbocycles. The van der Waals surface area contributed by atoms with Crippen LogP contribution in [0.25, 0.3) is 11.3 Å². The van der Waals surface area contributed by atoms with Crippen LogP contribution >= 0.6 is 55.5 Å². The lowest BCUT2D eigenvalue weighted by Gasteiger charge is -2.20. The Labute approximate surface area is 187 Å². The van der Waals surface area contributed by atoms with Gasteiger partial charge in [0.15, 0.2) is 5.69 Å². The molecule has 0 radical (unpaired) electrons. The normalized spacial score (nSPS) is 11.7. The lowest BCUT2D eigenvalue weighted by molar-refractivity contribution is -0.396. The van der Waals surface area contributed by atoms with Gasteiger partial charge in [0.25, 0.3) is 0 Å². The summed E-state index contributed by atoms with van der Waals surface area (Å²) in [6, 6.07) is 7.26. The van der Waals surface area contributed by atoms with Crippen molar-refractivity contribution < 1.29 is 14.0 Å². The van der Waals surface area contributed by atoms with Gasteiger partial charge in [-0.15, -0.1) is 0 Å². The second kappa shape index (κ2) is 11.0. The van der Waals surface area contributed by atoms with Gasteiger partial charge in [0.2, 0.25) is 4.60 Å². The molecule has 13 heteroatoms. The number of imidazole rings is 1. The molecule has 0 aliphatic carbocycles. The van der Waals surface area contributed by atoms with Gasteiger partial charge >= 0.3 is 13.6 Å². The molecule has 0 saturated heterocycles. The van der Waals surface area contributed by atoms with Crippen LogP contribution in [0.15, 0.2) is 28.9 Å². The van der Waals surface area contributed by atoms with Crippen molar-refractivity contribution in [2.75, 3.05) is 23.7 Å². The Hall–Kier alpha value is -0.620. The van der Waals surface area contributed by atoms with E-state index in [0.717, 1.165) is 11.1 Å². The molecule has 0 bridgehead atoms. The van der Waals surface area contributed by atoms with Crippen molar-refractivity contribution >= 4 is 61.4 Å². The van der Waals surface area contributed by atoms with Gasteiger partial charge in [-0.1, -0.05) is 61.1 Å². The van der Waals surface area contributed by atoms with E-state index in [0.29, 0.717) is 34.0 Å². The molecule has 9 nitrogen and oxygen atoms in total.